The first kappa shape index (κ1) is 10.2. The van der Waals surface area contributed by atoms with E-state index in [2.05, 4.69) is 17.2 Å². The average molecular weight is 207 g/mol. The van der Waals surface area contributed by atoms with Gasteiger partial charge in [-0.3, -0.25) is 4.79 Å². The molecule has 1 aromatic rings. The van der Waals surface area contributed by atoms with Crippen molar-refractivity contribution in [2.45, 2.75) is 19.9 Å². The lowest BCUT2D eigenvalue weighted by Gasteiger charge is -2.31. The SMILES string of the molecule is Cc1c[nH]cc1C(=O)N1CCN[C@@H](C)C1. The van der Waals surface area contributed by atoms with Gasteiger partial charge in [0.1, 0.15) is 0 Å². The van der Waals surface area contributed by atoms with E-state index in [1.165, 1.54) is 0 Å². The van der Waals surface area contributed by atoms with E-state index in [9.17, 15) is 4.79 Å². The van der Waals surface area contributed by atoms with Crippen LogP contribution in [0.1, 0.15) is 22.8 Å². The Morgan fingerprint density at radius 1 is 1.53 bits per heavy atom. The molecule has 1 saturated heterocycles. The molecule has 0 aliphatic carbocycles. The third-order valence-corrected chi connectivity index (χ3v) is 2.84. The molecule has 4 heteroatoms. The molecular formula is C11H17N3O. The molecule has 1 fully saturated rings. The number of rotatable bonds is 1. The van der Waals surface area contributed by atoms with Crippen molar-refractivity contribution >= 4 is 5.91 Å². The van der Waals surface area contributed by atoms with Crippen LogP contribution in [-0.4, -0.2) is 41.5 Å². The lowest BCUT2D eigenvalue weighted by Crippen LogP contribution is -2.51. The van der Waals surface area contributed by atoms with Gasteiger partial charge >= 0.3 is 0 Å². The number of hydrogen-bond acceptors (Lipinski definition) is 2. The molecule has 2 heterocycles. The summed E-state index contributed by atoms with van der Waals surface area (Å²) in [6.45, 7) is 6.53. The van der Waals surface area contributed by atoms with Gasteiger partial charge in [-0.15, -0.1) is 0 Å². The highest BCUT2D eigenvalue weighted by molar-refractivity contribution is 5.95. The Bertz CT molecular complexity index is 358. The second-order valence-corrected chi connectivity index (χ2v) is 4.16. The largest absolute Gasteiger partial charge is 0.367 e. The van der Waals surface area contributed by atoms with Crippen LogP contribution in [-0.2, 0) is 0 Å². The van der Waals surface area contributed by atoms with Crippen molar-refractivity contribution in [3.05, 3.63) is 23.5 Å². The first-order valence-electron chi connectivity index (χ1n) is 5.34. The second kappa shape index (κ2) is 4.06. The Kier molecular flexibility index (Phi) is 2.77. The third kappa shape index (κ3) is 2.04. The monoisotopic (exact) mass is 207 g/mol. The van der Waals surface area contributed by atoms with E-state index < -0.39 is 0 Å². The molecule has 0 saturated carbocycles. The summed E-state index contributed by atoms with van der Waals surface area (Å²) in [6.07, 6.45) is 3.64. The molecule has 1 aliphatic rings. The molecule has 0 unspecified atom stereocenters. The van der Waals surface area contributed by atoms with E-state index in [0.29, 0.717) is 6.04 Å². The zero-order valence-corrected chi connectivity index (χ0v) is 9.21. The highest BCUT2D eigenvalue weighted by Gasteiger charge is 2.22. The van der Waals surface area contributed by atoms with Gasteiger partial charge in [-0.2, -0.15) is 0 Å². The predicted molar refractivity (Wildman–Crippen MR) is 58.9 cm³/mol. The van der Waals surface area contributed by atoms with Crippen LogP contribution in [0.5, 0.6) is 0 Å². The minimum atomic E-state index is 0.141. The molecule has 82 valence electrons. The standard InChI is InChI=1S/C11H17N3O/c1-8-5-12-6-10(8)11(15)14-4-3-13-9(2)7-14/h5-6,9,12-13H,3-4,7H2,1-2H3/t9-/m0/s1. The number of aryl methyl sites for hydroxylation is 1. The van der Waals surface area contributed by atoms with Crippen LogP contribution in [0.2, 0.25) is 0 Å². The first-order chi connectivity index (χ1) is 7.18. The maximum atomic E-state index is 12.1. The summed E-state index contributed by atoms with van der Waals surface area (Å²) < 4.78 is 0. The lowest BCUT2D eigenvalue weighted by atomic mass is 10.1. The van der Waals surface area contributed by atoms with Gasteiger partial charge in [0.25, 0.3) is 5.91 Å². The third-order valence-electron chi connectivity index (χ3n) is 2.84. The molecule has 0 aromatic carbocycles. The minimum Gasteiger partial charge on any atom is -0.367 e. The fourth-order valence-electron chi connectivity index (χ4n) is 1.96. The van der Waals surface area contributed by atoms with Gasteiger partial charge in [0.15, 0.2) is 0 Å². The number of nitrogens with one attached hydrogen (secondary N) is 2. The van der Waals surface area contributed by atoms with Crippen LogP contribution in [0, 0.1) is 6.92 Å². The smallest absolute Gasteiger partial charge is 0.255 e. The Morgan fingerprint density at radius 3 is 2.93 bits per heavy atom. The summed E-state index contributed by atoms with van der Waals surface area (Å²) in [6, 6.07) is 0.391. The Hall–Kier alpha value is -1.29. The number of aromatic nitrogens is 1. The van der Waals surface area contributed by atoms with Crippen LogP contribution >= 0.6 is 0 Å². The molecule has 2 N–H and O–H groups in total. The fourth-order valence-corrected chi connectivity index (χ4v) is 1.96. The van der Waals surface area contributed by atoms with Gasteiger partial charge in [0.2, 0.25) is 0 Å². The van der Waals surface area contributed by atoms with Crippen LogP contribution < -0.4 is 5.32 Å². The van der Waals surface area contributed by atoms with E-state index in [1.807, 2.05) is 18.0 Å². The minimum absolute atomic E-state index is 0.141. The van der Waals surface area contributed by atoms with Crippen molar-refractivity contribution in [3.63, 3.8) is 0 Å². The highest BCUT2D eigenvalue weighted by atomic mass is 16.2. The number of amides is 1. The topological polar surface area (TPSA) is 48.1 Å². The normalized spacial score (nSPS) is 21.7. The number of nitrogens with zero attached hydrogens (tertiary/aromatic N) is 1. The summed E-state index contributed by atoms with van der Waals surface area (Å²) in [5.74, 6) is 0.141. The summed E-state index contributed by atoms with van der Waals surface area (Å²) in [4.78, 5) is 17.0. The maximum Gasteiger partial charge on any atom is 0.255 e. The average Bonchev–Trinajstić information content (AvgIpc) is 2.63. The number of aromatic amines is 1. The van der Waals surface area contributed by atoms with Crippen molar-refractivity contribution in [2.75, 3.05) is 19.6 Å². The molecule has 1 atom stereocenters. The van der Waals surface area contributed by atoms with E-state index >= 15 is 0 Å². The van der Waals surface area contributed by atoms with E-state index in [0.717, 1.165) is 30.8 Å². The summed E-state index contributed by atoms with van der Waals surface area (Å²) in [5, 5.41) is 3.33. The molecule has 1 aromatic heterocycles. The van der Waals surface area contributed by atoms with E-state index in [-0.39, 0.29) is 5.91 Å². The number of piperazine rings is 1. The molecule has 0 spiro atoms. The van der Waals surface area contributed by atoms with Crippen molar-refractivity contribution in [1.82, 2.24) is 15.2 Å². The fraction of sp³-hybridized carbons (Fsp3) is 0.545. The second-order valence-electron chi connectivity index (χ2n) is 4.16. The molecule has 1 aliphatic heterocycles. The zero-order chi connectivity index (χ0) is 10.8. The van der Waals surface area contributed by atoms with E-state index in [4.69, 9.17) is 0 Å². The number of carbonyl (C=O) groups excluding carboxylic acids is 1. The Labute approximate surface area is 89.7 Å². The first-order valence-corrected chi connectivity index (χ1v) is 5.34. The number of H-pyrrole nitrogens is 1. The zero-order valence-electron chi connectivity index (χ0n) is 9.21. The van der Waals surface area contributed by atoms with Gasteiger partial charge in [-0.05, 0) is 19.4 Å². The molecular weight excluding hydrogens is 190 g/mol. The Balaban J connectivity index is 2.11. The molecule has 15 heavy (non-hydrogen) atoms. The molecule has 0 bridgehead atoms. The summed E-state index contributed by atoms with van der Waals surface area (Å²) in [5.41, 5.74) is 1.82. The van der Waals surface area contributed by atoms with Crippen LogP contribution in [0.3, 0.4) is 0 Å². The Morgan fingerprint density at radius 2 is 2.33 bits per heavy atom. The molecule has 1 amide bonds. The van der Waals surface area contributed by atoms with Crippen LogP contribution in [0.25, 0.3) is 0 Å². The highest BCUT2D eigenvalue weighted by Crippen LogP contribution is 2.11. The van der Waals surface area contributed by atoms with Gasteiger partial charge in [-0.1, -0.05) is 0 Å². The van der Waals surface area contributed by atoms with Crippen molar-refractivity contribution in [2.24, 2.45) is 0 Å². The lowest BCUT2D eigenvalue weighted by molar-refractivity contribution is 0.0708. The number of hydrogen-bond donors (Lipinski definition) is 2. The maximum absolute atomic E-state index is 12.1. The van der Waals surface area contributed by atoms with Gasteiger partial charge in [-0.25, -0.2) is 0 Å². The van der Waals surface area contributed by atoms with Crippen molar-refractivity contribution in [3.8, 4) is 0 Å². The number of carbonyl (C=O) groups is 1. The predicted octanol–water partition coefficient (Wildman–Crippen LogP) is 0.757. The molecule has 4 nitrogen and oxygen atoms in total. The molecule has 2 rings (SSSR count). The van der Waals surface area contributed by atoms with Crippen LogP contribution in [0.4, 0.5) is 0 Å². The van der Waals surface area contributed by atoms with Crippen molar-refractivity contribution in [1.29, 1.82) is 0 Å². The van der Waals surface area contributed by atoms with Crippen LogP contribution in [0.15, 0.2) is 12.4 Å². The van der Waals surface area contributed by atoms with Gasteiger partial charge in [0.05, 0.1) is 5.56 Å². The van der Waals surface area contributed by atoms with Crippen molar-refractivity contribution < 1.29 is 4.79 Å². The van der Waals surface area contributed by atoms with Gasteiger partial charge < -0.3 is 15.2 Å². The molecule has 0 radical (unpaired) electrons. The van der Waals surface area contributed by atoms with Gasteiger partial charge in [0, 0.05) is 38.1 Å². The quantitative estimate of drug-likeness (QED) is 0.714. The summed E-state index contributed by atoms with van der Waals surface area (Å²) >= 11 is 0. The van der Waals surface area contributed by atoms with E-state index in [1.54, 1.807) is 6.20 Å². The summed E-state index contributed by atoms with van der Waals surface area (Å²) in [7, 11) is 0.